The van der Waals surface area contributed by atoms with Crippen LogP contribution in [0.25, 0.3) is 0 Å². The summed E-state index contributed by atoms with van der Waals surface area (Å²) in [6.07, 6.45) is 0. The summed E-state index contributed by atoms with van der Waals surface area (Å²) < 4.78 is 36.2. The number of hydroxylamine groups is 1. The summed E-state index contributed by atoms with van der Waals surface area (Å²) in [5.74, 6) is -0.612. The first-order valence-electron chi connectivity index (χ1n) is 4.84. The van der Waals surface area contributed by atoms with Gasteiger partial charge in [-0.1, -0.05) is 12.1 Å². The van der Waals surface area contributed by atoms with Crippen molar-refractivity contribution in [1.29, 1.82) is 0 Å². The van der Waals surface area contributed by atoms with Gasteiger partial charge in [-0.25, -0.2) is 0 Å². The van der Waals surface area contributed by atoms with Gasteiger partial charge in [-0.05, 0) is 29.5 Å². The van der Waals surface area contributed by atoms with E-state index in [0.29, 0.717) is 0 Å². The van der Waals surface area contributed by atoms with Crippen LogP contribution >= 0.6 is 11.8 Å². The van der Waals surface area contributed by atoms with Crippen LogP contribution in [-0.4, -0.2) is 18.0 Å². The summed E-state index contributed by atoms with van der Waals surface area (Å²) in [7, 11) is 0. The number of benzene rings is 1. The Morgan fingerprint density at radius 2 is 1.94 bits per heavy atom. The highest BCUT2D eigenvalue weighted by Gasteiger charge is 2.28. The topological polar surface area (TPSA) is 64.4 Å². The number of hydrogen-bond donors (Lipinski definition) is 2. The average molecular weight is 280 g/mol. The van der Waals surface area contributed by atoms with Crippen LogP contribution in [-0.2, 0) is 16.2 Å². The lowest BCUT2D eigenvalue weighted by molar-refractivity contribution is -0.125. The fourth-order valence-corrected chi connectivity index (χ4v) is 1.60. The zero-order chi connectivity index (χ0) is 13.6. The molecule has 0 aliphatic rings. The van der Waals surface area contributed by atoms with Gasteiger partial charge in [0.1, 0.15) is 6.61 Å². The Morgan fingerprint density at radius 3 is 2.44 bits per heavy atom. The molecule has 1 aromatic rings. The van der Waals surface area contributed by atoms with Crippen LogP contribution in [0, 0.1) is 0 Å². The highest BCUT2D eigenvalue weighted by molar-refractivity contribution is 8.00. The summed E-state index contributed by atoms with van der Waals surface area (Å²) in [4.78, 5) is 15.2. The highest BCUT2D eigenvalue weighted by atomic mass is 32.2. The van der Waals surface area contributed by atoms with Crippen molar-refractivity contribution in [1.82, 2.24) is 5.48 Å². The smallest absolute Gasteiger partial charge is 0.368 e. The molecule has 8 heteroatoms. The zero-order valence-electron chi connectivity index (χ0n) is 9.16. The van der Waals surface area contributed by atoms with Crippen molar-refractivity contribution in [3.05, 3.63) is 29.8 Å². The van der Waals surface area contributed by atoms with Crippen LogP contribution in [0.5, 0.6) is 0 Å². The largest absolute Gasteiger partial charge is 0.446 e. The third kappa shape index (κ3) is 6.48. The van der Waals surface area contributed by atoms with Crippen molar-refractivity contribution in [3.63, 3.8) is 0 Å². The molecule has 18 heavy (non-hydrogen) atoms. The SMILES string of the molecule is NC(=O)CONCc1ccc(SC(F)(F)F)cc1. The predicted octanol–water partition coefficient (Wildman–Crippen LogP) is 1.81. The molecule has 100 valence electrons. The first-order valence-corrected chi connectivity index (χ1v) is 5.66. The maximum Gasteiger partial charge on any atom is 0.446 e. The lowest BCUT2D eigenvalue weighted by Crippen LogP contribution is -2.24. The molecule has 0 aliphatic heterocycles. The Morgan fingerprint density at radius 1 is 1.33 bits per heavy atom. The number of amides is 1. The van der Waals surface area contributed by atoms with E-state index in [0.717, 1.165) is 5.56 Å². The number of rotatable bonds is 6. The summed E-state index contributed by atoms with van der Waals surface area (Å²) >= 11 is -0.171. The minimum atomic E-state index is -4.29. The Labute approximate surface area is 106 Å². The number of carbonyl (C=O) groups is 1. The van der Waals surface area contributed by atoms with E-state index in [9.17, 15) is 18.0 Å². The molecule has 0 radical (unpaired) electrons. The molecule has 0 heterocycles. The third-order valence-electron chi connectivity index (χ3n) is 1.75. The van der Waals surface area contributed by atoms with Crippen molar-refractivity contribution in [2.24, 2.45) is 5.73 Å². The molecule has 0 spiro atoms. The monoisotopic (exact) mass is 280 g/mol. The molecule has 0 fully saturated rings. The number of primary amides is 1. The van der Waals surface area contributed by atoms with Gasteiger partial charge in [-0.15, -0.1) is 0 Å². The number of halogens is 3. The molecule has 0 atom stereocenters. The Kier molecular flexibility index (Phi) is 5.45. The Balaban J connectivity index is 2.38. The van der Waals surface area contributed by atoms with Gasteiger partial charge in [-0.2, -0.15) is 18.7 Å². The molecule has 0 aliphatic carbocycles. The van der Waals surface area contributed by atoms with E-state index in [2.05, 4.69) is 5.48 Å². The number of nitrogens with two attached hydrogens (primary N) is 1. The summed E-state index contributed by atoms with van der Waals surface area (Å²) in [5, 5.41) is 0. The molecule has 3 N–H and O–H groups in total. The summed E-state index contributed by atoms with van der Waals surface area (Å²) in [6, 6.07) is 5.80. The van der Waals surface area contributed by atoms with E-state index in [1.807, 2.05) is 0 Å². The van der Waals surface area contributed by atoms with Gasteiger partial charge in [0.2, 0.25) is 5.91 Å². The van der Waals surface area contributed by atoms with Crippen LogP contribution in [0.2, 0.25) is 0 Å². The van der Waals surface area contributed by atoms with Crippen LogP contribution in [0.4, 0.5) is 13.2 Å². The van der Waals surface area contributed by atoms with Gasteiger partial charge < -0.3 is 5.73 Å². The molecular formula is C10H11F3N2O2S. The van der Waals surface area contributed by atoms with Gasteiger partial charge in [0.05, 0.1) is 0 Å². The van der Waals surface area contributed by atoms with E-state index in [1.165, 1.54) is 24.3 Å². The molecule has 0 aromatic heterocycles. The molecule has 4 nitrogen and oxygen atoms in total. The number of nitrogens with one attached hydrogen (secondary N) is 1. The van der Waals surface area contributed by atoms with E-state index < -0.39 is 11.4 Å². The first kappa shape index (κ1) is 14.8. The van der Waals surface area contributed by atoms with Crippen molar-refractivity contribution < 1.29 is 22.8 Å². The summed E-state index contributed by atoms with van der Waals surface area (Å²) in [5.41, 5.74) is 3.75. The normalized spacial score (nSPS) is 11.5. The van der Waals surface area contributed by atoms with Crippen LogP contribution in [0.1, 0.15) is 5.56 Å². The third-order valence-corrected chi connectivity index (χ3v) is 2.49. The van der Waals surface area contributed by atoms with Gasteiger partial charge in [0.15, 0.2) is 0 Å². The molecule has 1 aromatic carbocycles. The molecular weight excluding hydrogens is 269 g/mol. The van der Waals surface area contributed by atoms with E-state index in [-0.39, 0.29) is 29.8 Å². The van der Waals surface area contributed by atoms with Crippen molar-refractivity contribution in [2.45, 2.75) is 16.9 Å². The van der Waals surface area contributed by atoms with Crippen LogP contribution in [0.15, 0.2) is 29.2 Å². The van der Waals surface area contributed by atoms with E-state index in [4.69, 9.17) is 10.6 Å². The van der Waals surface area contributed by atoms with E-state index >= 15 is 0 Å². The second-order valence-corrected chi connectivity index (χ2v) is 4.41. The lowest BCUT2D eigenvalue weighted by atomic mass is 10.2. The van der Waals surface area contributed by atoms with Crippen molar-refractivity contribution in [2.75, 3.05) is 6.61 Å². The fraction of sp³-hybridized carbons (Fsp3) is 0.300. The molecule has 0 saturated carbocycles. The number of carbonyl (C=O) groups excluding carboxylic acids is 1. The molecule has 1 rings (SSSR count). The first-order chi connectivity index (χ1) is 8.37. The minimum absolute atomic E-state index is 0.115. The number of thioether (sulfide) groups is 1. The van der Waals surface area contributed by atoms with Gasteiger partial charge in [0, 0.05) is 11.4 Å². The second-order valence-electron chi connectivity index (χ2n) is 3.27. The van der Waals surface area contributed by atoms with Crippen molar-refractivity contribution in [3.8, 4) is 0 Å². The Hall–Kier alpha value is -1.25. The molecule has 1 amide bonds. The number of alkyl halides is 3. The maximum absolute atomic E-state index is 12.1. The summed E-state index contributed by atoms with van der Waals surface area (Å²) in [6.45, 7) is 0.00620. The standard InChI is InChI=1S/C10H11F3N2O2S/c11-10(12,13)18-8-3-1-7(2-4-8)5-15-17-6-9(14)16/h1-4,15H,5-6H2,(H2,14,16). The Bertz CT molecular complexity index is 395. The van der Waals surface area contributed by atoms with Crippen LogP contribution < -0.4 is 11.2 Å². The highest BCUT2D eigenvalue weighted by Crippen LogP contribution is 2.36. The predicted molar refractivity (Wildman–Crippen MR) is 60.3 cm³/mol. The fourth-order valence-electron chi connectivity index (χ4n) is 1.07. The van der Waals surface area contributed by atoms with Gasteiger partial charge in [0.25, 0.3) is 0 Å². The van der Waals surface area contributed by atoms with Gasteiger partial charge in [-0.3, -0.25) is 9.63 Å². The van der Waals surface area contributed by atoms with Crippen molar-refractivity contribution >= 4 is 17.7 Å². The average Bonchev–Trinajstić information content (AvgIpc) is 2.24. The minimum Gasteiger partial charge on any atom is -0.368 e. The lowest BCUT2D eigenvalue weighted by Gasteiger charge is -2.07. The second kappa shape index (κ2) is 6.62. The maximum atomic E-state index is 12.1. The molecule has 0 unspecified atom stereocenters. The van der Waals surface area contributed by atoms with Gasteiger partial charge >= 0.3 is 5.51 Å². The molecule has 0 bridgehead atoms. The zero-order valence-corrected chi connectivity index (χ0v) is 9.98. The molecule has 0 saturated heterocycles. The quantitative estimate of drug-likeness (QED) is 0.474. The van der Waals surface area contributed by atoms with Crippen LogP contribution in [0.3, 0.4) is 0 Å². The van der Waals surface area contributed by atoms with E-state index in [1.54, 1.807) is 0 Å². The number of hydrogen-bond acceptors (Lipinski definition) is 4.